The number of rotatable bonds is 2. The van der Waals surface area contributed by atoms with Crippen molar-refractivity contribution in [3.8, 4) is 0 Å². The molecule has 68 valence electrons. The van der Waals surface area contributed by atoms with Crippen LogP contribution in [-0.4, -0.2) is 11.5 Å². The quantitative estimate of drug-likeness (QED) is 0.388. The summed E-state index contributed by atoms with van der Waals surface area (Å²) in [6.07, 6.45) is 0. The Morgan fingerprint density at radius 2 is 1.69 bits per heavy atom. The lowest BCUT2D eigenvalue weighted by Gasteiger charge is -2.02. The van der Waals surface area contributed by atoms with Gasteiger partial charge in [0.15, 0.2) is 5.84 Å². The van der Waals surface area contributed by atoms with Gasteiger partial charge in [-0.15, -0.1) is 0 Å². The summed E-state index contributed by atoms with van der Waals surface area (Å²) in [6, 6.07) is 9.44. The summed E-state index contributed by atoms with van der Waals surface area (Å²) in [5, 5.41) is 0. The van der Waals surface area contributed by atoms with E-state index in [0.29, 0.717) is 5.71 Å². The van der Waals surface area contributed by atoms with Gasteiger partial charge in [0.1, 0.15) is 5.71 Å². The van der Waals surface area contributed by atoms with E-state index in [0.717, 1.165) is 5.56 Å². The standard InChI is InChI=1S/C8H9N3S2/c9-8(11-13)7(10-12)6-4-2-1-3-5-6/h1-5,12-13H,(H2,9,11). The zero-order chi connectivity index (χ0) is 9.68. The largest absolute Gasteiger partial charge is 0.381 e. The van der Waals surface area contributed by atoms with Crippen molar-refractivity contribution < 1.29 is 0 Å². The van der Waals surface area contributed by atoms with Crippen LogP contribution in [0.5, 0.6) is 0 Å². The van der Waals surface area contributed by atoms with E-state index in [4.69, 9.17) is 5.73 Å². The third-order valence-electron chi connectivity index (χ3n) is 1.50. The van der Waals surface area contributed by atoms with E-state index < -0.39 is 0 Å². The van der Waals surface area contributed by atoms with Crippen LogP contribution in [0.15, 0.2) is 39.1 Å². The second kappa shape index (κ2) is 4.94. The second-order valence-electron chi connectivity index (χ2n) is 2.30. The minimum absolute atomic E-state index is 0.254. The third-order valence-corrected chi connectivity index (χ3v) is 1.91. The third kappa shape index (κ3) is 2.50. The molecule has 0 aliphatic rings. The highest BCUT2D eigenvalue weighted by Crippen LogP contribution is 2.03. The predicted octanol–water partition coefficient (Wildman–Crippen LogP) is 1.52. The Kier molecular flexibility index (Phi) is 3.85. The van der Waals surface area contributed by atoms with E-state index in [1.54, 1.807) is 0 Å². The van der Waals surface area contributed by atoms with Gasteiger partial charge in [-0.3, -0.25) is 0 Å². The summed E-state index contributed by atoms with van der Waals surface area (Å²) in [5.74, 6) is 0.254. The Balaban J connectivity index is 3.07. The van der Waals surface area contributed by atoms with Crippen molar-refractivity contribution in [3.63, 3.8) is 0 Å². The molecule has 0 fully saturated rings. The van der Waals surface area contributed by atoms with Crippen LogP contribution >= 0.6 is 25.6 Å². The number of nitrogens with zero attached hydrogens (tertiary/aromatic N) is 2. The molecule has 1 aromatic rings. The minimum Gasteiger partial charge on any atom is -0.381 e. The van der Waals surface area contributed by atoms with Gasteiger partial charge in [-0.05, 0) is 25.6 Å². The number of thiol groups is 2. The molecule has 0 atom stereocenters. The van der Waals surface area contributed by atoms with Crippen LogP contribution in [0.3, 0.4) is 0 Å². The summed E-state index contributed by atoms with van der Waals surface area (Å²) in [7, 11) is 0. The Morgan fingerprint density at radius 1 is 1.08 bits per heavy atom. The van der Waals surface area contributed by atoms with E-state index in [1.165, 1.54) is 0 Å². The molecule has 0 saturated carbocycles. The molecule has 0 aliphatic carbocycles. The fourth-order valence-corrected chi connectivity index (χ4v) is 1.21. The lowest BCUT2D eigenvalue weighted by molar-refractivity contribution is 1.62. The Morgan fingerprint density at radius 3 is 2.15 bits per heavy atom. The van der Waals surface area contributed by atoms with Crippen LogP contribution < -0.4 is 5.73 Å². The van der Waals surface area contributed by atoms with Gasteiger partial charge in [-0.1, -0.05) is 30.3 Å². The van der Waals surface area contributed by atoms with Crippen LogP contribution in [0.25, 0.3) is 0 Å². The molecule has 0 saturated heterocycles. The lowest BCUT2D eigenvalue weighted by atomic mass is 10.1. The molecule has 13 heavy (non-hydrogen) atoms. The van der Waals surface area contributed by atoms with E-state index in [9.17, 15) is 0 Å². The van der Waals surface area contributed by atoms with Crippen molar-refractivity contribution in [2.75, 3.05) is 0 Å². The average molecular weight is 211 g/mol. The molecular weight excluding hydrogens is 202 g/mol. The molecule has 0 amide bonds. The topological polar surface area (TPSA) is 50.7 Å². The van der Waals surface area contributed by atoms with Crippen molar-refractivity contribution >= 4 is 37.2 Å². The molecule has 0 spiro atoms. The van der Waals surface area contributed by atoms with E-state index >= 15 is 0 Å². The first-order valence-electron chi connectivity index (χ1n) is 3.55. The van der Waals surface area contributed by atoms with Crippen molar-refractivity contribution in [3.05, 3.63) is 35.9 Å². The first kappa shape index (κ1) is 10.1. The Hall–Kier alpha value is -0.940. The van der Waals surface area contributed by atoms with Gasteiger partial charge in [0.05, 0.1) is 0 Å². The van der Waals surface area contributed by atoms with Crippen molar-refractivity contribution in [1.82, 2.24) is 0 Å². The predicted molar refractivity (Wildman–Crippen MR) is 62.6 cm³/mol. The van der Waals surface area contributed by atoms with Crippen molar-refractivity contribution in [2.45, 2.75) is 0 Å². The molecule has 3 nitrogen and oxygen atoms in total. The lowest BCUT2D eigenvalue weighted by Crippen LogP contribution is -2.23. The highest BCUT2D eigenvalue weighted by Gasteiger charge is 2.05. The van der Waals surface area contributed by atoms with Crippen LogP contribution in [0.1, 0.15) is 5.56 Å². The molecule has 0 bridgehead atoms. The number of nitrogens with two attached hydrogens (primary N) is 1. The highest BCUT2D eigenvalue weighted by molar-refractivity contribution is 7.79. The molecule has 2 N–H and O–H groups in total. The van der Waals surface area contributed by atoms with Crippen LogP contribution in [0.4, 0.5) is 0 Å². The molecular formula is C8H9N3S2. The number of hydrogen-bond donors (Lipinski definition) is 3. The Labute approximate surface area is 87.9 Å². The van der Waals surface area contributed by atoms with E-state index in [-0.39, 0.29) is 5.84 Å². The summed E-state index contributed by atoms with van der Waals surface area (Å²) < 4.78 is 7.28. The van der Waals surface area contributed by atoms with Gasteiger partial charge in [-0.25, -0.2) is 8.80 Å². The molecule has 0 aliphatic heterocycles. The molecule has 0 heterocycles. The highest BCUT2D eigenvalue weighted by atomic mass is 32.1. The number of amidine groups is 1. The van der Waals surface area contributed by atoms with Crippen molar-refractivity contribution in [1.29, 1.82) is 0 Å². The smallest absolute Gasteiger partial charge is 0.158 e. The van der Waals surface area contributed by atoms with E-state index in [2.05, 4.69) is 34.4 Å². The fourth-order valence-electron chi connectivity index (χ4n) is 0.900. The maximum absolute atomic E-state index is 5.55. The van der Waals surface area contributed by atoms with Crippen LogP contribution in [0, 0.1) is 0 Å². The van der Waals surface area contributed by atoms with Gasteiger partial charge >= 0.3 is 0 Å². The molecule has 1 aromatic carbocycles. The summed E-state index contributed by atoms with van der Waals surface area (Å²) in [5.41, 5.74) is 6.95. The summed E-state index contributed by atoms with van der Waals surface area (Å²) in [4.78, 5) is 0. The zero-order valence-electron chi connectivity index (χ0n) is 6.75. The average Bonchev–Trinajstić information content (AvgIpc) is 2.20. The normalized spacial score (nSPS) is 13.1. The zero-order valence-corrected chi connectivity index (χ0v) is 8.54. The maximum atomic E-state index is 5.55. The number of benzene rings is 1. The van der Waals surface area contributed by atoms with Crippen LogP contribution in [0.2, 0.25) is 0 Å². The first-order valence-corrected chi connectivity index (χ1v) is 4.35. The van der Waals surface area contributed by atoms with Gasteiger partial charge in [0.2, 0.25) is 0 Å². The van der Waals surface area contributed by atoms with Gasteiger partial charge in [0, 0.05) is 5.56 Å². The molecule has 0 radical (unpaired) electrons. The second-order valence-corrected chi connectivity index (χ2v) is 2.70. The van der Waals surface area contributed by atoms with Crippen LogP contribution in [-0.2, 0) is 0 Å². The monoisotopic (exact) mass is 211 g/mol. The van der Waals surface area contributed by atoms with Gasteiger partial charge < -0.3 is 5.73 Å². The van der Waals surface area contributed by atoms with Gasteiger partial charge in [0.25, 0.3) is 0 Å². The van der Waals surface area contributed by atoms with Crippen molar-refractivity contribution in [2.24, 2.45) is 14.5 Å². The summed E-state index contributed by atoms with van der Waals surface area (Å²) >= 11 is 7.52. The molecule has 0 aromatic heterocycles. The fraction of sp³-hybridized carbons (Fsp3) is 0. The Bertz CT molecular complexity index is 333. The SMILES string of the molecule is NC(=NS)C(=NS)c1ccccc1. The first-order chi connectivity index (χ1) is 6.29. The molecule has 5 heteroatoms. The molecule has 0 unspecified atom stereocenters. The number of hydrogen-bond acceptors (Lipinski definition) is 4. The maximum Gasteiger partial charge on any atom is 0.158 e. The van der Waals surface area contributed by atoms with E-state index in [1.807, 2.05) is 30.3 Å². The summed E-state index contributed by atoms with van der Waals surface area (Å²) in [6.45, 7) is 0. The minimum atomic E-state index is 0.254. The van der Waals surface area contributed by atoms with Gasteiger partial charge in [-0.2, -0.15) is 0 Å². The molecule has 1 rings (SSSR count).